The van der Waals surface area contributed by atoms with Crippen LogP contribution in [0.3, 0.4) is 0 Å². The molecule has 0 unspecified atom stereocenters. The maximum Gasteiger partial charge on any atom is 0.317 e. The van der Waals surface area contributed by atoms with Crippen LogP contribution < -0.4 is 5.32 Å². The van der Waals surface area contributed by atoms with Gasteiger partial charge >= 0.3 is 6.03 Å². The number of hydrogen-bond acceptors (Lipinski definition) is 3. The third-order valence-corrected chi connectivity index (χ3v) is 7.97. The Kier molecular flexibility index (Phi) is 5.00. The highest BCUT2D eigenvalue weighted by Gasteiger charge is 2.43. The van der Waals surface area contributed by atoms with Crippen molar-refractivity contribution in [1.29, 1.82) is 0 Å². The van der Waals surface area contributed by atoms with Gasteiger partial charge < -0.3 is 10.2 Å². The van der Waals surface area contributed by atoms with E-state index >= 15 is 0 Å². The van der Waals surface area contributed by atoms with E-state index in [-0.39, 0.29) is 6.03 Å². The lowest BCUT2D eigenvalue weighted by molar-refractivity contribution is 0.166. The Balaban J connectivity index is 1.34. The number of urea groups is 1. The summed E-state index contributed by atoms with van der Waals surface area (Å²) in [6.07, 6.45) is 4.89. The van der Waals surface area contributed by atoms with Gasteiger partial charge in [0.05, 0.1) is 4.90 Å². The number of sulfonamides is 1. The number of halogens is 1. The normalized spacial score (nSPS) is 21.8. The first-order valence-electron chi connectivity index (χ1n) is 9.26. The topological polar surface area (TPSA) is 69.7 Å². The SMILES string of the molecule is O=C(NC(C1CC1)C1CC1)N1CCN(S(=O)(=O)c2ccc(Br)cc2)CC1. The van der Waals surface area contributed by atoms with Crippen molar-refractivity contribution in [2.24, 2.45) is 11.8 Å². The van der Waals surface area contributed by atoms with Gasteiger partial charge in [0.25, 0.3) is 0 Å². The summed E-state index contributed by atoms with van der Waals surface area (Å²) in [6.45, 7) is 1.54. The quantitative estimate of drug-likeness (QED) is 0.763. The highest BCUT2D eigenvalue weighted by Crippen LogP contribution is 2.44. The van der Waals surface area contributed by atoms with E-state index in [9.17, 15) is 13.2 Å². The number of carbonyl (C=O) groups is 1. The molecule has 4 rings (SSSR count). The lowest BCUT2D eigenvalue weighted by Gasteiger charge is -2.35. The summed E-state index contributed by atoms with van der Waals surface area (Å²) in [4.78, 5) is 14.6. The van der Waals surface area contributed by atoms with Crippen molar-refractivity contribution in [3.8, 4) is 0 Å². The van der Waals surface area contributed by atoms with Crippen LogP contribution in [0.25, 0.3) is 0 Å². The second-order valence-electron chi connectivity index (χ2n) is 7.50. The molecule has 3 fully saturated rings. The Morgan fingerprint density at radius 3 is 2.04 bits per heavy atom. The lowest BCUT2D eigenvalue weighted by Crippen LogP contribution is -2.55. The van der Waals surface area contributed by atoms with Crippen molar-refractivity contribution in [1.82, 2.24) is 14.5 Å². The van der Waals surface area contributed by atoms with Gasteiger partial charge in [0, 0.05) is 36.7 Å². The Bertz CT molecular complexity index is 755. The minimum absolute atomic E-state index is 0.0329. The molecule has 3 aliphatic rings. The van der Waals surface area contributed by atoms with Gasteiger partial charge in [-0.25, -0.2) is 13.2 Å². The molecule has 0 spiro atoms. The zero-order valence-electron chi connectivity index (χ0n) is 14.6. The molecular weight excluding hydrogens is 418 g/mol. The molecule has 2 aliphatic carbocycles. The minimum Gasteiger partial charge on any atom is -0.335 e. The summed E-state index contributed by atoms with van der Waals surface area (Å²) in [7, 11) is -3.50. The molecule has 26 heavy (non-hydrogen) atoms. The first-order valence-corrected chi connectivity index (χ1v) is 11.5. The average molecular weight is 442 g/mol. The summed E-state index contributed by atoms with van der Waals surface area (Å²) < 4.78 is 27.8. The maximum absolute atomic E-state index is 12.7. The average Bonchev–Trinajstić information content (AvgIpc) is 3.54. The van der Waals surface area contributed by atoms with Gasteiger partial charge in [-0.2, -0.15) is 4.31 Å². The van der Waals surface area contributed by atoms with E-state index in [0.29, 0.717) is 49.0 Å². The molecule has 0 atom stereocenters. The van der Waals surface area contributed by atoms with Gasteiger partial charge in [-0.3, -0.25) is 0 Å². The molecule has 0 radical (unpaired) electrons. The zero-order chi connectivity index (χ0) is 18.3. The summed E-state index contributed by atoms with van der Waals surface area (Å²) in [5.74, 6) is 1.32. The molecule has 1 heterocycles. The van der Waals surface area contributed by atoms with Crippen LogP contribution in [-0.4, -0.2) is 55.9 Å². The standard InChI is InChI=1S/C18H24BrN3O3S/c19-15-5-7-16(8-6-15)26(24,25)22-11-9-21(10-12-22)18(23)20-17(13-1-2-13)14-3-4-14/h5-8,13-14,17H,1-4,9-12H2,(H,20,23). The number of piperazine rings is 1. The van der Waals surface area contributed by atoms with Gasteiger partial charge in [0.2, 0.25) is 10.0 Å². The summed E-state index contributed by atoms with van der Waals surface area (Å²) in [5.41, 5.74) is 0. The predicted octanol–water partition coefficient (Wildman–Crippen LogP) is 2.65. The van der Waals surface area contributed by atoms with Crippen LogP contribution >= 0.6 is 15.9 Å². The first-order chi connectivity index (χ1) is 12.4. The second kappa shape index (κ2) is 7.13. The van der Waals surface area contributed by atoms with Gasteiger partial charge in [-0.15, -0.1) is 0 Å². The molecule has 142 valence electrons. The summed E-state index contributed by atoms with van der Waals surface area (Å²) in [5, 5.41) is 3.22. The maximum atomic E-state index is 12.7. The molecule has 1 aromatic rings. The third kappa shape index (κ3) is 3.92. The van der Waals surface area contributed by atoms with Crippen LogP contribution in [-0.2, 0) is 10.0 Å². The molecular formula is C18H24BrN3O3S. The van der Waals surface area contributed by atoms with Crippen LogP contribution in [0.2, 0.25) is 0 Å². The summed E-state index contributed by atoms with van der Waals surface area (Å²) >= 11 is 3.32. The van der Waals surface area contributed by atoms with Crippen LogP contribution in [0.15, 0.2) is 33.6 Å². The molecule has 1 aliphatic heterocycles. The molecule has 0 bridgehead atoms. The van der Waals surface area contributed by atoms with Crippen LogP contribution in [0.1, 0.15) is 25.7 Å². The monoisotopic (exact) mass is 441 g/mol. The fourth-order valence-electron chi connectivity index (χ4n) is 3.65. The van der Waals surface area contributed by atoms with E-state index < -0.39 is 10.0 Å². The number of carbonyl (C=O) groups excluding carboxylic acids is 1. The highest BCUT2D eigenvalue weighted by atomic mass is 79.9. The van der Waals surface area contributed by atoms with Crippen LogP contribution in [0.5, 0.6) is 0 Å². The van der Waals surface area contributed by atoms with Crippen molar-refractivity contribution in [3.63, 3.8) is 0 Å². The largest absolute Gasteiger partial charge is 0.335 e. The molecule has 2 amide bonds. The molecule has 1 aromatic carbocycles. The van der Waals surface area contributed by atoms with E-state index in [1.54, 1.807) is 29.2 Å². The van der Waals surface area contributed by atoms with Gasteiger partial charge in [0.15, 0.2) is 0 Å². The fraction of sp³-hybridized carbons (Fsp3) is 0.611. The number of rotatable bonds is 5. The molecule has 6 nitrogen and oxygen atoms in total. The lowest BCUT2D eigenvalue weighted by atomic mass is 10.1. The number of nitrogens with one attached hydrogen (secondary N) is 1. The van der Waals surface area contributed by atoms with Gasteiger partial charge in [-0.1, -0.05) is 15.9 Å². The zero-order valence-corrected chi connectivity index (χ0v) is 17.0. The van der Waals surface area contributed by atoms with E-state index in [1.807, 2.05) is 0 Å². The summed E-state index contributed by atoms with van der Waals surface area (Å²) in [6, 6.07) is 6.96. The number of nitrogens with zero attached hydrogens (tertiary/aromatic N) is 2. The first kappa shape index (κ1) is 18.3. The second-order valence-corrected chi connectivity index (χ2v) is 10.3. The number of hydrogen-bond donors (Lipinski definition) is 1. The van der Waals surface area contributed by atoms with Crippen LogP contribution in [0, 0.1) is 11.8 Å². The molecule has 8 heteroatoms. The van der Waals surface area contributed by atoms with E-state index in [1.165, 1.54) is 30.0 Å². The van der Waals surface area contributed by atoms with E-state index in [4.69, 9.17) is 0 Å². The third-order valence-electron chi connectivity index (χ3n) is 5.53. The highest BCUT2D eigenvalue weighted by molar-refractivity contribution is 9.10. The van der Waals surface area contributed by atoms with Gasteiger partial charge in [0.1, 0.15) is 0 Å². The predicted molar refractivity (Wildman–Crippen MR) is 102 cm³/mol. The molecule has 1 N–H and O–H groups in total. The number of benzene rings is 1. The molecule has 1 saturated heterocycles. The van der Waals surface area contributed by atoms with E-state index in [2.05, 4.69) is 21.2 Å². The Hall–Kier alpha value is -1.12. The van der Waals surface area contributed by atoms with Crippen molar-refractivity contribution in [2.45, 2.75) is 36.6 Å². The minimum atomic E-state index is -3.50. The van der Waals surface area contributed by atoms with Crippen molar-refractivity contribution >= 4 is 32.0 Å². The van der Waals surface area contributed by atoms with Crippen LogP contribution in [0.4, 0.5) is 4.79 Å². The van der Waals surface area contributed by atoms with Crippen molar-refractivity contribution in [2.75, 3.05) is 26.2 Å². The molecule has 0 aromatic heterocycles. The fourth-order valence-corrected chi connectivity index (χ4v) is 5.34. The Labute approximate surface area is 163 Å². The van der Waals surface area contributed by atoms with Crippen molar-refractivity contribution < 1.29 is 13.2 Å². The molecule has 2 saturated carbocycles. The number of amides is 2. The van der Waals surface area contributed by atoms with Gasteiger partial charge in [-0.05, 0) is 61.8 Å². The smallest absolute Gasteiger partial charge is 0.317 e. The Morgan fingerprint density at radius 2 is 1.54 bits per heavy atom. The van der Waals surface area contributed by atoms with Crippen molar-refractivity contribution in [3.05, 3.63) is 28.7 Å². The van der Waals surface area contributed by atoms with E-state index in [0.717, 1.165) is 4.47 Å². The Morgan fingerprint density at radius 1 is 1.00 bits per heavy atom.